The third-order valence-corrected chi connectivity index (χ3v) is 3.49. The van der Waals surface area contributed by atoms with Gasteiger partial charge in [0.05, 0.1) is 0 Å². The third-order valence-electron chi connectivity index (χ3n) is 3.49. The lowest BCUT2D eigenvalue weighted by molar-refractivity contribution is 0.328. The zero-order valence-electron chi connectivity index (χ0n) is 14.4. The van der Waals surface area contributed by atoms with E-state index in [0.717, 1.165) is 32.1 Å². The van der Waals surface area contributed by atoms with E-state index in [9.17, 15) is 0 Å². The van der Waals surface area contributed by atoms with Gasteiger partial charge in [0.15, 0.2) is 5.96 Å². The number of halogens is 1. The van der Waals surface area contributed by atoms with Crippen molar-refractivity contribution in [2.45, 2.75) is 26.3 Å². The minimum Gasteiger partial charge on any atom is -0.355 e. The lowest BCUT2D eigenvalue weighted by atomic mass is 10.2. The molecule has 0 aliphatic heterocycles. The molecule has 0 atom stereocenters. The first-order chi connectivity index (χ1) is 10.2. The molecule has 0 unspecified atom stereocenters. The largest absolute Gasteiger partial charge is 0.355 e. The molecule has 1 rings (SSSR count). The summed E-state index contributed by atoms with van der Waals surface area (Å²) in [4.78, 5) is 8.85. The number of nitrogens with zero attached hydrogens (tertiary/aromatic N) is 3. The first kappa shape index (κ1) is 21.2. The second-order valence-electron chi connectivity index (χ2n) is 5.47. The molecule has 1 N–H and O–H groups in total. The van der Waals surface area contributed by atoms with E-state index in [1.807, 2.05) is 7.05 Å². The van der Waals surface area contributed by atoms with Crippen molar-refractivity contribution in [3.8, 4) is 0 Å². The van der Waals surface area contributed by atoms with E-state index >= 15 is 0 Å². The van der Waals surface area contributed by atoms with Gasteiger partial charge in [-0.05, 0) is 19.0 Å². The summed E-state index contributed by atoms with van der Waals surface area (Å²) in [7, 11) is 6.09. The average Bonchev–Trinajstić information content (AvgIpc) is 2.50. The minimum atomic E-state index is 0. The highest BCUT2D eigenvalue weighted by Crippen LogP contribution is 2.01. The summed E-state index contributed by atoms with van der Waals surface area (Å²) < 4.78 is 0. The van der Waals surface area contributed by atoms with Gasteiger partial charge in [-0.2, -0.15) is 0 Å². The van der Waals surface area contributed by atoms with Crippen LogP contribution in [0.15, 0.2) is 35.3 Å². The van der Waals surface area contributed by atoms with Gasteiger partial charge in [-0.25, -0.2) is 0 Å². The number of aliphatic imine (C=N–C) groups is 1. The number of hydrogen-bond acceptors (Lipinski definition) is 2. The molecule has 0 bridgehead atoms. The number of guanidine groups is 1. The van der Waals surface area contributed by atoms with Gasteiger partial charge in [0, 0.05) is 40.3 Å². The van der Waals surface area contributed by atoms with Gasteiger partial charge in [0.25, 0.3) is 0 Å². The topological polar surface area (TPSA) is 30.9 Å². The fourth-order valence-electron chi connectivity index (χ4n) is 2.22. The molecule has 0 aliphatic carbocycles. The number of unbranched alkanes of at least 4 members (excludes halogenated alkanes) is 1. The highest BCUT2D eigenvalue weighted by atomic mass is 127. The minimum absolute atomic E-state index is 0. The second-order valence-corrected chi connectivity index (χ2v) is 5.47. The van der Waals surface area contributed by atoms with Crippen LogP contribution in [0.2, 0.25) is 0 Å². The van der Waals surface area contributed by atoms with Crippen molar-refractivity contribution in [3.05, 3.63) is 35.9 Å². The van der Waals surface area contributed by atoms with E-state index in [1.165, 1.54) is 18.4 Å². The molecule has 0 saturated heterocycles. The van der Waals surface area contributed by atoms with E-state index in [0.29, 0.717) is 0 Å². The number of rotatable bonds is 8. The Labute approximate surface area is 153 Å². The van der Waals surface area contributed by atoms with Crippen molar-refractivity contribution in [1.29, 1.82) is 0 Å². The van der Waals surface area contributed by atoms with E-state index in [1.54, 1.807) is 0 Å². The normalized spacial score (nSPS) is 11.2. The van der Waals surface area contributed by atoms with Crippen molar-refractivity contribution in [2.75, 3.05) is 40.8 Å². The predicted molar refractivity (Wildman–Crippen MR) is 107 cm³/mol. The molecule has 0 fully saturated rings. The fourth-order valence-corrected chi connectivity index (χ4v) is 2.22. The lowest BCUT2D eigenvalue weighted by Gasteiger charge is -2.23. The quantitative estimate of drug-likeness (QED) is 0.400. The highest BCUT2D eigenvalue weighted by Gasteiger charge is 2.05. The standard InChI is InChI=1S/C17H30N4.HI/c1-5-6-13-21(4)17(18-2)19-12-14-20(3)15-16-10-8-7-9-11-16;/h7-11H,5-6,12-15H2,1-4H3,(H,18,19);1H. The zero-order chi connectivity index (χ0) is 15.5. The molecule has 1 aromatic rings. The van der Waals surface area contributed by atoms with Crippen LogP contribution in [0.5, 0.6) is 0 Å². The molecule has 0 saturated carbocycles. The molecule has 126 valence electrons. The summed E-state index contributed by atoms with van der Waals surface area (Å²) in [6.45, 7) is 6.15. The molecule has 0 spiro atoms. The highest BCUT2D eigenvalue weighted by molar-refractivity contribution is 14.0. The molecule has 22 heavy (non-hydrogen) atoms. The Morgan fingerprint density at radius 3 is 2.41 bits per heavy atom. The Morgan fingerprint density at radius 1 is 1.14 bits per heavy atom. The first-order valence-electron chi connectivity index (χ1n) is 7.81. The van der Waals surface area contributed by atoms with Gasteiger partial charge in [0.2, 0.25) is 0 Å². The third kappa shape index (κ3) is 8.58. The number of likely N-dealkylation sites (N-methyl/N-ethyl adjacent to an activating group) is 1. The van der Waals surface area contributed by atoms with Crippen LogP contribution < -0.4 is 5.32 Å². The molecule has 0 aromatic heterocycles. The molecule has 5 heteroatoms. The summed E-state index contributed by atoms with van der Waals surface area (Å²) in [5, 5.41) is 3.43. The van der Waals surface area contributed by atoms with Crippen molar-refractivity contribution in [1.82, 2.24) is 15.1 Å². The van der Waals surface area contributed by atoms with Crippen LogP contribution in [0.4, 0.5) is 0 Å². The first-order valence-corrected chi connectivity index (χ1v) is 7.81. The number of benzene rings is 1. The van der Waals surface area contributed by atoms with Gasteiger partial charge >= 0.3 is 0 Å². The number of nitrogens with one attached hydrogen (secondary N) is 1. The summed E-state index contributed by atoms with van der Waals surface area (Å²) in [5.74, 6) is 0.983. The summed E-state index contributed by atoms with van der Waals surface area (Å²) in [6.07, 6.45) is 2.41. The van der Waals surface area contributed by atoms with Crippen LogP contribution in [-0.2, 0) is 6.54 Å². The summed E-state index contributed by atoms with van der Waals surface area (Å²) in [5.41, 5.74) is 1.35. The molecular formula is C17H31IN4. The van der Waals surface area contributed by atoms with Gasteiger partial charge in [0.1, 0.15) is 0 Å². The van der Waals surface area contributed by atoms with Crippen LogP contribution in [-0.4, -0.2) is 56.5 Å². The monoisotopic (exact) mass is 418 g/mol. The van der Waals surface area contributed by atoms with Crippen molar-refractivity contribution in [3.63, 3.8) is 0 Å². The molecule has 1 aromatic carbocycles. The summed E-state index contributed by atoms with van der Waals surface area (Å²) in [6, 6.07) is 10.6. The van der Waals surface area contributed by atoms with Crippen molar-refractivity contribution < 1.29 is 0 Å². The molecular weight excluding hydrogens is 387 g/mol. The Balaban J connectivity index is 0.00000441. The molecule has 0 heterocycles. The Kier molecular flexibility index (Phi) is 12.2. The smallest absolute Gasteiger partial charge is 0.193 e. The van der Waals surface area contributed by atoms with Gasteiger partial charge < -0.3 is 15.1 Å². The molecule has 0 amide bonds. The maximum atomic E-state index is 4.33. The van der Waals surface area contributed by atoms with E-state index in [4.69, 9.17) is 0 Å². The molecule has 0 aliphatic rings. The van der Waals surface area contributed by atoms with Crippen LogP contribution >= 0.6 is 24.0 Å². The Morgan fingerprint density at radius 2 is 1.82 bits per heavy atom. The van der Waals surface area contributed by atoms with Crippen LogP contribution in [0, 0.1) is 0 Å². The maximum Gasteiger partial charge on any atom is 0.193 e. The van der Waals surface area contributed by atoms with Gasteiger partial charge in [-0.3, -0.25) is 4.99 Å². The zero-order valence-corrected chi connectivity index (χ0v) is 16.7. The van der Waals surface area contributed by atoms with Gasteiger partial charge in [-0.15, -0.1) is 24.0 Å². The molecule has 4 nitrogen and oxygen atoms in total. The van der Waals surface area contributed by atoms with Gasteiger partial charge in [-0.1, -0.05) is 43.7 Å². The maximum absolute atomic E-state index is 4.33. The number of hydrogen-bond donors (Lipinski definition) is 1. The van der Waals surface area contributed by atoms with Crippen molar-refractivity contribution in [2.24, 2.45) is 4.99 Å². The predicted octanol–water partition coefficient (Wildman–Crippen LogP) is 3.04. The lowest BCUT2D eigenvalue weighted by Crippen LogP contribution is -2.42. The van der Waals surface area contributed by atoms with E-state index in [-0.39, 0.29) is 24.0 Å². The summed E-state index contributed by atoms with van der Waals surface area (Å²) >= 11 is 0. The van der Waals surface area contributed by atoms with Crippen molar-refractivity contribution >= 4 is 29.9 Å². The van der Waals surface area contributed by atoms with Crippen LogP contribution in [0.25, 0.3) is 0 Å². The van der Waals surface area contributed by atoms with E-state index < -0.39 is 0 Å². The van der Waals surface area contributed by atoms with E-state index in [2.05, 4.69) is 71.5 Å². The SMILES string of the molecule is CCCCN(C)C(=NC)NCCN(C)Cc1ccccc1.I. The van der Waals surface area contributed by atoms with Crippen LogP contribution in [0.3, 0.4) is 0 Å². The fraction of sp³-hybridized carbons (Fsp3) is 0.588. The Bertz CT molecular complexity index is 408. The Hall–Kier alpha value is -0.820. The average molecular weight is 418 g/mol. The second kappa shape index (κ2) is 12.7. The van der Waals surface area contributed by atoms with Crippen LogP contribution in [0.1, 0.15) is 25.3 Å². The molecule has 0 radical (unpaired) electrons.